The predicted molar refractivity (Wildman–Crippen MR) is 59.5 cm³/mol. The van der Waals surface area contributed by atoms with Gasteiger partial charge in [0.05, 0.1) is 6.42 Å². The van der Waals surface area contributed by atoms with Crippen molar-refractivity contribution in [1.29, 1.82) is 0 Å². The molecule has 1 N–H and O–H groups in total. The minimum atomic E-state index is -0.231. The van der Waals surface area contributed by atoms with Gasteiger partial charge in [0.2, 0.25) is 0 Å². The molecule has 0 aliphatic heterocycles. The van der Waals surface area contributed by atoms with Crippen LogP contribution in [0.2, 0.25) is 0 Å². The van der Waals surface area contributed by atoms with Crippen molar-refractivity contribution in [1.82, 2.24) is 15.2 Å². The van der Waals surface area contributed by atoms with E-state index in [2.05, 4.69) is 27.8 Å². The molecule has 0 bridgehead atoms. The van der Waals surface area contributed by atoms with Crippen molar-refractivity contribution in [2.45, 2.75) is 6.42 Å². The van der Waals surface area contributed by atoms with Gasteiger partial charge in [-0.2, -0.15) is 5.10 Å². The van der Waals surface area contributed by atoms with Gasteiger partial charge in [0.25, 0.3) is 0 Å². The zero-order valence-corrected chi connectivity index (χ0v) is 8.74. The summed E-state index contributed by atoms with van der Waals surface area (Å²) in [6.07, 6.45) is 0.170. The first kappa shape index (κ1) is 9.92. The first-order valence-corrected chi connectivity index (χ1v) is 4.89. The molecular formula is C10H9N3OS. The van der Waals surface area contributed by atoms with Crippen LogP contribution in [0, 0.1) is 0 Å². The van der Waals surface area contributed by atoms with Gasteiger partial charge in [-0.05, 0) is 0 Å². The Bertz CT molecular complexity index is 467. The smallest absolute Gasteiger partial charge is 0.193 e. The Balaban J connectivity index is 2.24. The van der Waals surface area contributed by atoms with Crippen LogP contribution in [0.1, 0.15) is 5.82 Å². The van der Waals surface area contributed by atoms with Gasteiger partial charge in [-0.1, -0.05) is 30.3 Å². The highest BCUT2D eigenvalue weighted by Gasteiger charge is 2.06. The molecule has 76 valence electrons. The maximum absolute atomic E-state index is 10.7. The van der Waals surface area contributed by atoms with Gasteiger partial charge in [-0.25, -0.2) is 4.98 Å². The molecule has 1 aromatic carbocycles. The minimum absolute atomic E-state index is 0.170. The summed E-state index contributed by atoms with van der Waals surface area (Å²) in [6, 6.07) is 9.57. The van der Waals surface area contributed by atoms with Crippen molar-refractivity contribution >= 4 is 17.7 Å². The van der Waals surface area contributed by atoms with E-state index >= 15 is 0 Å². The zero-order valence-electron chi connectivity index (χ0n) is 7.84. The molecule has 0 unspecified atom stereocenters. The second kappa shape index (κ2) is 4.27. The van der Waals surface area contributed by atoms with Gasteiger partial charge >= 0.3 is 0 Å². The summed E-state index contributed by atoms with van der Waals surface area (Å²) in [4.78, 5) is 14.9. The molecule has 0 aliphatic carbocycles. The van der Waals surface area contributed by atoms with E-state index in [0.29, 0.717) is 11.6 Å². The molecule has 4 nitrogen and oxygen atoms in total. The molecule has 0 spiro atoms. The van der Waals surface area contributed by atoms with Crippen LogP contribution in [-0.2, 0) is 11.2 Å². The Morgan fingerprint density at radius 3 is 2.73 bits per heavy atom. The summed E-state index contributed by atoms with van der Waals surface area (Å²) in [5.74, 6) is 1.13. The summed E-state index contributed by atoms with van der Waals surface area (Å²) < 4.78 is 0. The SMILES string of the molecule is O=C(S)Cc1nc(-c2ccccc2)n[nH]1. The first-order chi connectivity index (χ1) is 7.25. The van der Waals surface area contributed by atoms with E-state index in [1.54, 1.807) is 0 Å². The molecule has 0 aliphatic rings. The lowest BCUT2D eigenvalue weighted by molar-refractivity contribution is -0.110. The summed E-state index contributed by atoms with van der Waals surface area (Å²) >= 11 is 3.68. The molecule has 2 aromatic rings. The van der Waals surface area contributed by atoms with Crippen LogP contribution < -0.4 is 0 Å². The molecule has 15 heavy (non-hydrogen) atoms. The Hall–Kier alpha value is -1.62. The van der Waals surface area contributed by atoms with E-state index in [1.165, 1.54) is 0 Å². The molecule has 0 fully saturated rings. The van der Waals surface area contributed by atoms with Crippen LogP contribution in [0.4, 0.5) is 0 Å². The summed E-state index contributed by atoms with van der Waals surface area (Å²) in [5.41, 5.74) is 0.923. The highest BCUT2D eigenvalue weighted by molar-refractivity contribution is 7.96. The molecular weight excluding hydrogens is 210 g/mol. The number of aromatic nitrogens is 3. The molecule has 0 radical (unpaired) electrons. The molecule has 0 saturated carbocycles. The fourth-order valence-corrected chi connectivity index (χ4v) is 1.38. The van der Waals surface area contributed by atoms with Crippen LogP contribution in [0.15, 0.2) is 30.3 Å². The highest BCUT2D eigenvalue weighted by atomic mass is 32.1. The van der Waals surface area contributed by atoms with Crippen LogP contribution in [0.3, 0.4) is 0 Å². The number of thiol groups is 1. The quantitative estimate of drug-likeness (QED) is 0.768. The first-order valence-electron chi connectivity index (χ1n) is 4.44. The Morgan fingerprint density at radius 1 is 1.33 bits per heavy atom. The standard InChI is InChI=1S/C10H9N3OS/c14-9(15)6-8-11-10(13-12-8)7-4-2-1-3-5-7/h1-5H,6H2,(H,14,15)(H,11,12,13). The van der Waals surface area contributed by atoms with E-state index < -0.39 is 0 Å². The van der Waals surface area contributed by atoms with Crippen molar-refractivity contribution in [2.24, 2.45) is 0 Å². The van der Waals surface area contributed by atoms with Gasteiger partial charge in [0.15, 0.2) is 10.9 Å². The van der Waals surface area contributed by atoms with E-state index in [4.69, 9.17) is 0 Å². The number of carbonyl (C=O) groups is 1. The van der Waals surface area contributed by atoms with Crippen LogP contribution >= 0.6 is 12.6 Å². The number of nitrogens with zero attached hydrogens (tertiary/aromatic N) is 2. The third-order valence-corrected chi connectivity index (χ3v) is 2.04. The largest absolute Gasteiger partial charge is 0.287 e. The van der Waals surface area contributed by atoms with Crippen molar-refractivity contribution in [2.75, 3.05) is 0 Å². The molecule has 0 saturated heterocycles. The summed E-state index contributed by atoms with van der Waals surface area (Å²) in [7, 11) is 0. The summed E-state index contributed by atoms with van der Waals surface area (Å²) in [6.45, 7) is 0. The van der Waals surface area contributed by atoms with Gasteiger partial charge in [0, 0.05) is 5.56 Å². The predicted octanol–water partition coefficient (Wildman–Crippen LogP) is 1.47. The number of hydrogen-bond donors (Lipinski definition) is 2. The van der Waals surface area contributed by atoms with E-state index in [9.17, 15) is 4.79 Å². The number of rotatable bonds is 3. The highest BCUT2D eigenvalue weighted by Crippen LogP contribution is 2.13. The monoisotopic (exact) mass is 219 g/mol. The molecule has 0 atom stereocenters. The van der Waals surface area contributed by atoms with Crippen LogP contribution in [-0.4, -0.2) is 20.3 Å². The second-order valence-electron chi connectivity index (χ2n) is 3.04. The third kappa shape index (κ3) is 2.44. The number of carbonyl (C=O) groups excluding carboxylic acids is 1. The third-order valence-electron chi connectivity index (χ3n) is 1.88. The summed E-state index contributed by atoms with van der Waals surface area (Å²) in [5, 5.41) is 6.49. The van der Waals surface area contributed by atoms with Crippen LogP contribution in [0.5, 0.6) is 0 Å². The Labute approximate surface area is 92.2 Å². The average Bonchev–Trinajstić information content (AvgIpc) is 2.67. The van der Waals surface area contributed by atoms with Gasteiger partial charge in [-0.3, -0.25) is 9.89 Å². The van der Waals surface area contributed by atoms with Gasteiger partial charge in [-0.15, -0.1) is 12.6 Å². The molecule has 5 heteroatoms. The normalized spacial score (nSPS) is 10.2. The lowest BCUT2D eigenvalue weighted by Crippen LogP contribution is -1.95. The second-order valence-corrected chi connectivity index (χ2v) is 3.54. The molecule has 1 aromatic heterocycles. The number of nitrogens with one attached hydrogen (secondary N) is 1. The fourth-order valence-electron chi connectivity index (χ4n) is 1.23. The average molecular weight is 219 g/mol. The van der Waals surface area contributed by atoms with Crippen molar-refractivity contribution in [3.8, 4) is 11.4 Å². The fraction of sp³-hybridized carbons (Fsp3) is 0.100. The van der Waals surface area contributed by atoms with Crippen molar-refractivity contribution < 1.29 is 4.79 Å². The number of aromatic amines is 1. The topological polar surface area (TPSA) is 58.6 Å². The van der Waals surface area contributed by atoms with Crippen molar-refractivity contribution in [3.05, 3.63) is 36.2 Å². The maximum Gasteiger partial charge on any atom is 0.193 e. The minimum Gasteiger partial charge on any atom is -0.287 e. The lowest BCUT2D eigenvalue weighted by atomic mass is 10.2. The lowest BCUT2D eigenvalue weighted by Gasteiger charge is -1.91. The number of benzene rings is 1. The molecule has 0 amide bonds. The van der Waals surface area contributed by atoms with E-state index in [-0.39, 0.29) is 11.5 Å². The van der Waals surface area contributed by atoms with E-state index in [1.807, 2.05) is 30.3 Å². The number of hydrogen-bond acceptors (Lipinski definition) is 3. The molecule has 2 rings (SSSR count). The molecule has 1 heterocycles. The number of H-pyrrole nitrogens is 1. The van der Waals surface area contributed by atoms with Gasteiger partial charge in [0.1, 0.15) is 5.82 Å². The Morgan fingerprint density at radius 2 is 2.07 bits per heavy atom. The van der Waals surface area contributed by atoms with Crippen LogP contribution in [0.25, 0.3) is 11.4 Å². The van der Waals surface area contributed by atoms with Crippen molar-refractivity contribution in [3.63, 3.8) is 0 Å². The maximum atomic E-state index is 10.7. The van der Waals surface area contributed by atoms with Gasteiger partial charge < -0.3 is 0 Å². The van der Waals surface area contributed by atoms with E-state index in [0.717, 1.165) is 5.56 Å². The zero-order chi connectivity index (χ0) is 10.7. The Kier molecular flexibility index (Phi) is 2.82.